The quantitative estimate of drug-likeness (QED) is 0.347. The van der Waals surface area contributed by atoms with Gasteiger partial charge in [-0.25, -0.2) is 4.39 Å². The van der Waals surface area contributed by atoms with Crippen LogP contribution in [0.5, 0.6) is 5.75 Å². The number of hydrogen-bond acceptors (Lipinski definition) is 3. The van der Waals surface area contributed by atoms with Gasteiger partial charge in [-0.1, -0.05) is 67.9 Å². The molecular formula is C30H35FN2O3. The van der Waals surface area contributed by atoms with Crippen molar-refractivity contribution in [1.82, 2.24) is 10.2 Å². The van der Waals surface area contributed by atoms with Crippen LogP contribution in [0.4, 0.5) is 4.39 Å². The largest absolute Gasteiger partial charge is 0.483 e. The Balaban J connectivity index is 1.89. The first-order valence-corrected chi connectivity index (χ1v) is 12.4. The first-order chi connectivity index (χ1) is 17.4. The summed E-state index contributed by atoms with van der Waals surface area (Å²) >= 11 is 0. The first-order valence-electron chi connectivity index (χ1n) is 12.4. The number of halogens is 1. The highest BCUT2D eigenvalue weighted by molar-refractivity contribution is 5.88. The van der Waals surface area contributed by atoms with E-state index in [0.717, 1.165) is 35.1 Å². The molecule has 190 valence electrons. The van der Waals surface area contributed by atoms with E-state index < -0.39 is 6.04 Å². The van der Waals surface area contributed by atoms with E-state index in [0.29, 0.717) is 18.7 Å². The molecule has 0 aromatic heterocycles. The Morgan fingerprint density at radius 3 is 2.36 bits per heavy atom. The van der Waals surface area contributed by atoms with E-state index in [1.54, 1.807) is 17.0 Å². The number of hydrogen-bond donors (Lipinski definition) is 1. The summed E-state index contributed by atoms with van der Waals surface area (Å²) in [5, 5.41) is 2.99. The summed E-state index contributed by atoms with van der Waals surface area (Å²) in [6.45, 7) is 6.49. The predicted molar refractivity (Wildman–Crippen MR) is 140 cm³/mol. The highest BCUT2D eigenvalue weighted by Gasteiger charge is 2.30. The number of aryl methyl sites for hydroxylation is 1. The Morgan fingerprint density at radius 1 is 0.944 bits per heavy atom. The van der Waals surface area contributed by atoms with Crippen LogP contribution in [-0.4, -0.2) is 35.9 Å². The SMILES string of the molecule is CCCCNC(=O)[C@@H](Cc1ccccc1)N(Cc1ccc(F)cc1)C(=O)COc1cccc(C)c1C. The zero-order chi connectivity index (χ0) is 25.9. The number of amides is 2. The lowest BCUT2D eigenvalue weighted by atomic mass is 10.0. The van der Waals surface area contributed by atoms with Crippen molar-refractivity contribution in [1.29, 1.82) is 0 Å². The Morgan fingerprint density at radius 2 is 1.67 bits per heavy atom. The minimum atomic E-state index is -0.746. The average Bonchev–Trinajstić information content (AvgIpc) is 2.88. The fraction of sp³-hybridized carbons (Fsp3) is 0.333. The van der Waals surface area contributed by atoms with Crippen LogP contribution < -0.4 is 10.1 Å². The van der Waals surface area contributed by atoms with Crippen LogP contribution in [0.25, 0.3) is 0 Å². The van der Waals surface area contributed by atoms with Crippen molar-refractivity contribution in [3.05, 3.63) is 101 Å². The molecule has 0 unspecified atom stereocenters. The molecule has 0 aliphatic rings. The predicted octanol–water partition coefficient (Wildman–Crippen LogP) is 5.38. The molecule has 0 bridgehead atoms. The van der Waals surface area contributed by atoms with Crippen LogP contribution in [-0.2, 0) is 22.6 Å². The van der Waals surface area contributed by atoms with Gasteiger partial charge in [-0.3, -0.25) is 9.59 Å². The monoisotopic (exact) mass is 490 g/mol. The number of carbonyl (C=O) groups excluding carboxylic acids is 2. The van der Waals surface area contributed by atoms with Crippen molar-refractivity contribution in [2.75, 3.05) is 13.2 Å². The fourth-order valence-electron chi connectivity index (χ4n) is 3.95. The molecule has 0 aliphatic carbocycles. The molecule has 0 spiro atoms. The zero-order valence-electron chi connectivity index (χ0n) is 21.3. The van der Waals surface area contributed by atoms with Crippen molar-refractivity contribution >= 4 is 11.8 Å². The third-order valence-corrected chi connectivity index (χ3v) is 6.27. The molecule has 1 atom stereocenters. The van der Waals surface area contributed by atoms with E-state index in [2.05, 4.69) is 12.2 Å². The summed E-state index contributed by atoms with van der Waals surface area (Å²) in [6.07, 6.45) is 2.16. The Bertz CT molecular complexity index is 1130. The van der Waals surface area contributed by atoms with Crippen molar-refractivity contribution < 1.29 is 18.7 Å². The molecule has 6 heteroatoms. The van der Waals surface area contributed by atoms with Crippen LogP contribution in [0.1, 0.15) is 42.0 Å². The zero-order valence-corrected chi connectivity index (χ0v) is 21.3. The molecule has 0 saturated heterocycles. The highest BCUT2D eigenvalue weighted by atomic mass is 19.1. The highest BCUT2D eigenvalue weighted by Crippen LogP contribution is 2.21. The molecule has 0 heterocycles. The number of carbonyl (C=O) groups is 2. The Labute approximate surface area is 213 Å². The summed E-state index contributed by atoms with van der Waals surface area (Å²) in [7, 11) is 0. The molecule has 3 aromatic rings. The van der Waals surface area contributed by atoms with Crippen molar-refractivity contribution in [3.8, 4) is 5.75 Å². The van der Waals surface area contributed by atoms with Crippen molar-refractivity contribution in [2.45, 2.75) is 52.6 Å². The standard InChI is InChI=1S/C30H35FN2O3/c1-4-5-18-32-30(35)27(19-24-11-7-6-8-12-24)33(20-25-14-16-26(31)17-15-25)29(34)21-36-28-13-9-10-22(2)23(28)3/h6-17,27H,4-5,18-21H2,1-3H3,(H,32,35)/t27-/m1/s1. The van der Waals surface area contributed by atoms with Crippen LogP contribution in [0, 0.1) is 19.7 Å². The van der Waals surface area contributed by atoms with E-state index in [4.69, 9.17) is 4.74 Å². The topological polar surface area (TPSA) is 58.6 Å². The molecule has 0 saturated carbocycles. The summed E-state index contributed by atoms with van der Waals surface area (Å²) in [5.74, 6) is -0.244. The molecule has 2 amide bonds. The van der Waals surface area contributed by atoms with Crippen molar-refractivity contribution in [2.24, 2.45) is 0 Å². The lowest BCUT2D eigenvalue weighted by Crippen LogP contribution is -2.51. The van der Waals surface area contributed by atoms with E-state index in [-0.39, 0.29) is 30.8 Å². The first kappa shape index (κ1) is 26.9. The van der Waals surface area contributed by atoms with Gasteiger partial charge in [-0.2, -0.15) is 0 Å². The third kappa shape index (κ3) is 7.67. The van der Waals surface area contributed by atoms with Gasteiger partial charge in [-0.05, 0) is 60.7 Å². The Kier molecular flexibility index (Phi) is 10.0. The molecule has 0 radical (unpaired) electrons. The minimum absolute atomic E-state index is 0.161. The lowest BCUT2D eigenvalue weighted by Gasteiger charge is -2.31. The van der Waals surface area contributed by atoms with Gasteiger partial charge in [0.2, 0.25) is 5.91 Å². The van der Waals surface area contributed by atoms with Crippen molar-refractivity contribution in [3.63, 3.8) is 0 Å². The molecule has 0 fully saturated rings. The van der Waals surface area contributed by atoms with Crippen LogP contribution in [0.2, 0.25) is 0 Å². The maximum Gasteiger partial charge on any atom is 0.261 e. The fourth-order valence-corrected chi connectivity index (χ4v) is 3.95. The Hall–Kier alpha value is -3.67. The molecule has 36 heavy (non-hydrogen) atoms. The molecule has 0 aliphatic heterocycles. The van der Waals surface area contributed by atoms with Gasteiger partial charge < -0.3 is 15.0 Å². The number of ether oxygens (including phenoxy) is 1. The van der Waals surface area contributed by atoms with Gasteiger partial charge in [0.1, 0.15) is 17.6 Å². The smallest absolute Gasteiger partial charge is 0.261 e. The van der Waals surface area contributed by atoms with E-state index in [9.17, 15) is 14.0 Å². The van der Waals surface area contributed by atoms with Gasteiger partial charge in [-0.15, -0.1) is 0 Å². The van der Waals surface area contributed by atoms with E-state index in [1.165, 1.54) is 12.1 Å². The summed E-state index contributed by atoms with van der Waals surface area (Å²) < 4.78 is 19.5. The maximum absolute atomic E-state index is 13.6. The second kappa shape index (κ2) is 13.4. The van der Waals surface area contributed by atoms with Gasteiger partial charge in [0.15, 0.2) is 6.61 Å². The summed E-state index contributed by atoms with van der Waals surface area (Å²) in [4.78, 5) is 28.5. The number of benzene rings is 3. The van der Waals surface area contributed by atoms with E-state index in [1.807, 2.05) is 62.4 Å². The molecule has 3 aromatic carbocycles. The molecule has 1 N–H and O–H groups in total. The van der Waals surface area contributed by atoms with Crippen LogP contribution in [0.3, 0.4) is 0 Å². The third-order valence-electron chi connectivity index (χ3n) is 6.27. The number of nitrogens with zero attached hydrogens (tertiary/aromatic N) is 1. The van der Waals surface area contributed by atoms with Gasteiger partial charge >= 0.3 is 0 Å². The average molecular weight is 491 g/mol. The van der Waals surface area contributed by atoms with Crippen LogP contribution >= 0.6 is 0 Å². The molecule has 3 rings (SSSR count). The second-order valence-corrected chi connectivity index (χ2v) is 8.98. The summed E-state index contributed by atoms with van der Waals surface area (Å²) in [6, 6.07) is 20.6. The summed E-state index contributed by atoms with van der Waals surface area (Å²) in [5.41, 5.74) is 3.71. The van der Waals surface area contributed by atoms with Gasteiger partial charge in [0, 0.05) is 19.5 Å². The lowest BCUT2D eigenvalue weighted by molar-refractivity contribution is -0.142. The second-order valence-electron chi connectivity index (χ2n) is 8.98. The molecular weight excluding hydrogens is 455 g/mol. The maximum atomic E-state index is 13.6. The number of unbranched alkanes of at least 4 members (excludes halogenated alkanes) is 1. The number of nitrogens with one attached hydrogen (secondary N) is 1. The molecule has 5 nitrogen and oxygen atoms in total. The normalized spacial score (nSPS) is 11.6. The van der Waals surface area contributed by atoms with Crippen LogP contribution in [0.15, 0.2) is 72.8 Å². The minimum Gasteiger partial charge on any atom is -0.483 e. The number of rotatable bonds is 12. The van der Waals surface area contributed by atoms with Gasteiger partial charge in [0.05, 0.1) is 0 Å². The van der Waals surface area contributed by atoms with E-state index >= 15 is 0 Å². The van der Waals surface area contributed by atoms with Gasteiger partial charge in [0.25, 0.3) is 5.91 Å².